The van der Waals surface area contributed by atoms with Gasteiger partial charge in [-0.2, -0.15) is 0 Å². The normalized spacial score (nSPS) is 41.4. The predicted molar refractivity (Wildman–Crippen MR) is 54.1 cm³/mol. The van der Waals surface area contributed by atoms with Gasteiger partial charge in [0.05, 0.1) is 4.75 Å². The number of aliphatic hydroxyl groups is 1. The van der Waals surface area contributed by atoms with Crippen LogP contribution in [0.2, 0.25) is 0 Å². The van der Waals surface area contributed by atoms with Crippen LogP contribution in [0.5, 0.6) is 0 Å². The molecule has 1 saturated heterocycles. The molecule has 2 aliphatic rings. The van der Waals surface area contributed by atoms with Gasteiger partial charge in [0.2, 0.25) is 0 Å². The molecule has 1 fully saturated rings. The Balaban J connectivity index is 0.000000720. The number of allylic oxidation sites excluding steroid dienone is 3. The van der Waals surface area contributed by atoms with Crippen LogP contribution in [-0.4, -0.2) is 63.7 Å². The van der Waals surface area contributed by atoms with Gasteiger partial charge in [-0.1, -0.05) is 24.3 Å². The van der Waals surface area contributed by atoms with Crippen molar-refractivity contribution in [2.45, 2.75) is 16.1 Å². The first-order valence-corrected chi connectivity index (χ1v) is 4.45. The standard InChI is InChI=1S/C9H10OS.Ba/c1-2-5-8-6-3-4-7-9(8,10)11-8;/h2-4,6-7,10H,1,5H2;. The molecule has 0 saturated carbocycles. The Labute approximate surface area is 117 Å². The van der Waals surface area contributed by atoms with Crippen molar-refractivity contribution in [3.05, 3.63) is 37.0 Å². The minimum absolute atomic E-state index is 0. The van der Waals surface area contributed by atoms with Crippen LogP contribution in [-0.2, 0) is 0 Å². The number of fused-ring (bicyclic) bond motifs is 1. The van der Waals surface area contributed by atoms with Crippen molar-refractivity contribution in [2.75, 3.05) is 0 Å². The second kappa shape index (κ2) is 3.69. The van der Waals surface area contributed by atoms with Gasteiger partial charge in [-0.05, 0) is 12.5 Å². The maximum Gasteiger partial charge on any atom is 0.149 e. The average molecular weight is 304 g/mol. The van der Waals surface area contributed by atoms with Gasteiger partial charge >= 0.3 is 0 Å². The summed E-state index contributed by atoms with van der Waals surface area (Å²) in [5, 5.41) is 9.81. The fourth-order valence-electron chi connectivity index (χ4n) is 1.45. The van der Waals surface area contributed by atoms with Crippen LogP contribution >= 0.6 is 11.8 Å². The molecule has 1 heterocycles. The second-order valence-electron chi connectivity index (χ2n) is 2.90. The molecule has 0 aromatic rings. The van der Waals surface area contributed by atoms with Crippen LogP contribution in [0.25, 0.3) is 0 Å². The van der Waals surface area contributed by atoms with E-state index in [1.54, 1.807) is 11.8 Å². The Morgan fingerprint density at radius 3 is 2.67 bits per heavy atom. The van der Waals surface area contributed by atoms with Crippen LogP contribution in [0, 0.1) is 0 Å². The summed E-state index contributed by atoms with van der Waals surface area (Å²) in [4.78, 5) is -0.629. The van der Waals surface area contributed by atoms with Gasteiger partial charge in [-0.3, -0.25) is 0 Å². The summed E-state index contributed by atoms with van der Waals surface area (Å²) in [6.45, 7) is 3.68. The van der Waals surface area contributed by atoms with Gasteiger partial charge in [0, 0.05) is 48.9 Å². The third-order valence-electron chi connectivity index (χ3n) is 2.15. The molecule has 2 atom stereocenters. The van der Waals surface area contributed by atoms with E-state index in [0.29, 0.717) is 0 Å². The third kappa shape index (κ3) is 1.54. The first-order valence-electron chi connectivity index (χ1n) is 3.63. The van der Waals surface area contributed by atoms with E-state index in [1.165, 1.54) is 0 Å². The quantitative estimate of drug-likeness (QED) is 0.474. The molecule has 2 radical (unpaired) electrons. The minimum Gasteiger partial charge on any atom is -0.374 e. The van der Waals surface area contributed by atoms with Gasteiger partial charge < -0.3 is 5.11 Å². The molecule has 2 unspecified atom stereocenters. The van der Waals surface area contributed by atoms with E-state index in [2.05, 4.69) is 12.7 Å². The number of thioether (sulfide) groups is 1. The first kappa shape index (κ1) is 11.2. The van der Waals surface area contributed by atoms with E-state index < -0.39 is 4.93 Å². The minimum atomic E-state index is -0.629. The van der Waals surface area contributed by atoms with E-state index in [9.17, 15) is 5.11 Å². The van der Waals surface area contributed by atoms with Gasteiger partial charge in [0.25, 0.3) is 0 Å². The van der Waals surface area contributed by atoms with E-state index in [4.69, 9.17) is 0 Å². The zero-order chi connectivity index (χ0) is 7.95. The van der Waals surface area contributed by atoms with Crippen LogP contribution in [0.15, 0.2) is 37.0 Å². The molecule has 0 amide bonds. The Morgan fingerprint density at radius 1 is 1.42 bits per heavy atom. The van der Waals surface area contributed by atoms with Crippen LogP contribution in [0.4, 0.5) is 0 Å². The van der Waals surface area contributed by atoms with Gasteiger partial charge in [0.1, 0.15) is 4.93 Å². The van der Waals surface area contributed by atoms with Crippen molar-refractivity contribution in [1.82, 2.24) is 0 Å². The van der Waals surface area contributed by atoms with Crippen molar-refractivity contribution in [3.8, 4) is 0 Å². The van der Waals surface area contributed by atoms with Gasteiger partial charge in [0.15, 0.2) is 0 Å². The second-order valence-corrected chi connectivity index (χ2v) is 4.45. The van der Waals surface area contributed by atoms with Gasteiger partial charge in [-0.15, -0.1) is 18.3 Å². The number of hydrogen-bond donors (Lipinski definition) is 1. The molecule has 60 valence electrons. The number of hydrogen-bond acceptors (Lipinski definition) is 2. The molecule has 0 spiro atoms. The molecular weight excluding hydrogens is 293 g/mol. The van der Waals surface area contributed by atoms with Crippen LogP contribution < -0.4 is 0 Å². The Hall–Kier alpha value is 1.10. The van der Waals surface area contributed by atoms with E-state index in [0.717, 1.165) is 6.42 Å². The maximum absolute atomic E-state index is 9.81. The van der Waals surface area contributed by atoms with Crippen molar-refractivity contribution >= 4 is 60.6 Å². The zero-order valence-electron chi connectivity index (χ0n) is 6.86. The zero-order valence-corrected chi connectivity index (χ0v) is 12.1. The van der Waals surface area contributed by atoms with Gasteiger partial charge in [-0.25, -0.2) is 0 Å². The fourth-order valence-corrected chi connectivity index (χ4v) is 2.67. The molecule has 3 heteroatoms. The Kier molecular flexibility index (Phi) is 3.44. The van der Waals surface area contributed by atoms with Crippen LogP contribution in [0.1, 0.15) is 6.42 Å². The van der Waals surface area contributed by atoms with Crippen molar-refractivity contribution in [2.24, 2.45) is 0 Å². The summed E-state index contributed by atoms with van der Waals surface area (Å²) >= 11 is 1.58. The van der Waals surface area contributed by atoms with Crippen molar-refractivity contribution in [1.29, 1.82) is 0 Å². The van der Waals surface area contributed by atoms with E-state index >= 15 is 0 Å². The summed E-state index contributed by atoms with van der Waals surface area (Å²) in [6, 6.07) is 0. The Bertz CT molecular complexity index is 261. The summed E-state index contributed by atoms with van der Waals surface area (Å²) < 4.78 is -0.0799. The molecule has 0 aromatic heterocycles. The molecule has 1 N–H and O–H groups in total. The van der Waals surface area contributed by atoms with E-state index in [1.807, 2.05) is 24.3 Å². The van der Waals surface area contributed by atoms with Crippen molar-refractivity contribution in [3.63, 3.8) is 0 Å². The molecule has 0 aromatic carbocycles. The summed E-state index contributed by atoms with van der Waals surface area (Å²) in [5.74, 6) is 0. The summed E-state index contributed by atoms with van der Waals surface area (Å²) in [5.41, 5.74) is 0. The third-order valence-corrected chi connectivity index (χ3v) is 3.73. The summed E-state index contributed by atoms with van der Waals surface area (Å²) in [6.07, 6.45) is 10.5. The number of rotatable bonds is 2. The van der Waals surface area contributed by atoms with Crippen molar-refractivity contribution < 1.29 is 5.11 Å². The molecule has 1 aliphatic carbocycles. The van der Waals surface area contributed by atoms with E-state index in [-0.39, 0.29) is 53.6 Å². The molecule has 1 nitrogen and oxygen atoms in total. The monoisotopic (exact) mass is 304 g/mol. The fraction of sp³-hybridized carbons (Fsp3) is 0.333. The van der Waals surface area contributed by atoms with Crippen LogP contribution in [0.3, 0.4) is 0 Å². The smallest absolute Gasteiger partial charge is 0.149 e. The molecule has 1 aliphatic heterocycles. The summed E-state index contributed by atoms with van der Waals surface area (Å²) in [7, 11) is 0. The topological polar surface area (TPSA) is 20.2 Å². The molecular formula is C9H10BaOS. The molecule has 2 rings (SSSR count). The Morgan fingerprint density at radius 2 is 2.08 bits per heavy atom. The predicted octanol–water partition coefficient (Wildman–Crippen LogP) is 1.48. The maximum atomic E-state index is 9.81. The molecule has 12 heavy (non-hydrogen) atoms. The average Bonchev–Trinajstić information content (AvgIpc) is 2.56. The first-order chi connectivity index (χ1) is 5.22. The largest absolute Gasteiger partial charge is 0.374 e. The molecule has 0 bridgehead atoms. The SMILES string of the molecule is C=CCC12C=CC=CC1(O)S2.[Ba].